The number of nitrogens with zero attached hydrogens (tertiary/aromatic N) is 3. The van der Waals surface area contributed by atoms with E-state index in [1.54, 1.807) is 44.2 Å². The summed E-state index contributed by atoms with van der Waals surface area (Å²) >= 11 is 0. The number of rotatable bonds is 3. The highest BCUT2D eigenvalue weighted by Gasteiger charge is 2.27. The minimum absolute atomic E-state index is 0.116. The van der Waals surface area contributed by atoms with Gasteiger partial charge >= 0.3 is 0 Å². The van der Waals surface area contributed by atoms with Crippen LogP contribution in [0.1, 0.15) is 36.9 Å². The molecule has 0 radical (unpaired) electrons. The Morgan fingerprint density at radius 3 is 2.62 bits per heavy atom. The molecule has 0 spiro atoms. The number of hydrogen-bond donors (Lipinski definition) is 2. The van der Waals surface area contributed by atoms with Gasteiger partial charge < -0.3 is 24.7 Å². The molecule has 1 saturated heterocycles. The number of benzene rings is 1. The van der Waals surface area contributed by atoms with Gasteiger partial charge in [-0.05, 0) is 37.8 Å². The summed E-state index contributed by atoms with van der Waals surface area (Å²) in [6.45, 7) is 2.71. The molecule has 34 heavy (non-hydrogen) atoms. The van der Waals surface area contributed by atoms with E-state index in [1.165, 1.54) is 0 Å². The zero-order valence-corrected chi connectivity index (χ0v) is 19.3. The van der Waals surface area contributed by atoms with Gasteiger partial charge in [-0.1, -0.05) is 17.8 Å². The number of piperidine rings is 1. The summed E-state index contributed by atoms with van der Waals surface area (Å²) in [4.78, 5) is 26.8. The Morgan fingerprint density at radius 1 is 1.21 bits per heavy atom. The Hall–Kier alpha value is -4.37. The van der Waals surface area contributed by atoms with Gasteiger partial charge in [0.25, 0.3) is 11.5 Å². The molecule has 1 amide bonds. The first-order valence-electron chi connectivity index (χ1n) is 10.8. The Balaban J connectivity index is 1.80. The van der Waals surface area contributed by atoms with Crippen LogP contribution in [0.15, 0.2) is 29.2 Å². The maximum atomic E-state index is 12.8. The molecule has 1 aliphatic heterocycles. The van der Waals surface area contributed by atoms with Gasteiger partial charge in [-0.3, -0.25) is 9.59 Å². The smallest absolute Gasteiger partial charge is 0.298 e. The maximum absolute atomic E-state index is 12.8. The summed E-state index contributed by atoms with van der Waals surface area (Å²) in [5.74, 6) is 12.7. The fourth-order valence-corrected chi connectivity index (χ4v) is 4.19. The van der Waals surface area contributed by atoms with Crippen LogP contribution in [0, 0.1) is 23.7 Å². The van der Waals surface area contributed by atoms with Crippen molar-refractivity contribution >= 4 is 22.6 Å². The lowest BCUT2D eigenvalue weighted by Crippen LogP contribution is -2.40. The first kappa shape index (κ1) is 22.8. The number of aromatic nitrogens is 3. The Morgan fingerprint density at radius 2 is 1.94 bits per heavy atom. The van der Waals surface area contributed by atoms with Crippen molar-refractivity contribution in [3.8, 4) is 35.2 Å². The van der Waals surface area contributed by atoms with Crippen molar-refractivity contribution in [1.29, 1.82) is 0 Å². The van der Waals surface area contributed by atoms with Crippen LogP contribution in [0.25, 0.3) is 10.9 Å². The monoisotopic (exact) mass is 459 g/mol. The topological polar surface area (TPSA) is 115 Å². The largest absolute Gasteiger partial charge is 0.497 e. The Bertz CT molecular complexity index is 1410. The summed E-state index contributed by atoms with van der Waals surface area (Å²) in [7, 11) is 3.14. The summed E-state index contributed by atoms with van der Waals surface area (Å²) in [5.41, 5.74) is 7.44. The molecular weight excluding hydrogens is 434 g/mol. The predicted octanol–water partition coefficient (Wildman–Crippen LogP) is 1.91. The van der Waals surface area contributed by atoms with Gasteiger partial charge in [0.05, 0.1) is 31.2 Å². The summed E-state index contributed by atoms with van der Waals surface area (Å²) in [6, 6.07) is 5.23. The van der Waals surface area contributed by atoms with Crippen molar-refractivity contribution < 1.29 is 14.3 Å². The quantitative estimate of drug-likeness (QED) is 0.578. The molecule has 4 rings (SSSR count). The molecule has 3 N–H and O–H groups in total. The van der Waals surface area contributed by atoms with E-state index in [4.69, 9.17) is 15.2 Å². The van der Waals surface area contributed by atoms with Crippen molar-refractivity contribution in [3.63, 3.8) is 0 Å². The number of nitrogens with one attached hydrogen (secondary N) is 1. The SMILES string of the molecule is CC#CC(=O)N1CCC[C@H](n2cc(C#Cc3cc(OC)cc(OC)c3)c3c(N)n[nH]c(=O)c32)C1. The van der Waals surface area contributed by atoms with Crippen molar-refractivity contribution in [2.45, 2.75) is 25.8 Å². The molecule has 174 valence electrons. The lowest BCUT2D eigenvalue weighted by Gasteiger charge is -2.32. The highest BCUT2D eigenvalue weighted by atomic mass is 16.5. The van der Waals surface area contributed by atoms with E-state index in [1.807, 2.05) is 10.8 Å². The van der Waals surface area contributed by atoms with Crippen LogP contribution in [-0.2, 0) is 4.79 Å². The van der Waals surface area contributed by atoms with Gasteiger partial charge in [0.15, 0.2) is 5.82 Å². The van der Waals surface area contributed by atoms with Gasteiger partial charge in [0.2, 0.25) is 0 Å². The van der Waals surface area contributed by atoms with E-state index in [-0.39, 0.29) is 23.3 Å². The fraction of sp³-hybridized carbons (Fsp3) is 0.320. The number of anilines is 1. The lowest BCUT2D eigenvalue weighted by atomic mass is 10.1. The zero-order chi connectivity index (χ0) is 24.2. The third kappa shape index (κ3) is 4.41. The van der Waals surface area contributed by atoms with Crippen LogP contribution in [-0.4, -0.2) is 52.9 Å². The summed E-state index contributed by atoms with van der Waals surface area (Å²) in [6.07, 6.45) is 3.41. The van der Waals surface area contributed by atoms with Crippen LogP contribution >= 0.6 is 0 Å². The minimum Gasteiger partial charge on any atom is -0.497 e. The third-order valence-electron chi connectivity index (χ3n) is 5.78. The molecule has 1 aliphatic rings. The van der Waals surface area contributed by atoms with E-state index in [0.29, 0.717) is 46.6 Å². The average molecular weight is 460 g/mol. The van der Waals surface area contributed by atoms with Gasteiger partial charge in [-0.25, -0.2) is 5.10 Å². The average Bonchev–Trinajstić information content (AvgIpc) is 3.26. The molecule has 9 heteroatoms. The van der Waals surface area contributed by atoms with E-state index < -0.39 is 0 Å². The molecule has 9 nitrogen and oxygen atoms in total. The van der Waals surface area contributed by atoms with Crippen LogP contribution in [0.2, 0.25) is 0 Å². The number of carbonyl (C=O) groups is 1. The molecule has 3 aromatic rings. The number of aromatic amines is 1. The van der Waals surface area contributed by atoms with Gasteiger partial charge in [-0.15, -0.1) is 0 Å². The minimum atomic E-state index is -0.364. The summed E-state index contributed by atoms with van der Waals surface area (Å²) < 4.78 is 12.5. The molecule has 1 atom stereocenters. The number of methoxy groups -OCH3 is 2. The second-order valence-corrected chi connectivity index (χ2v) is 7.89. The number of fused-ring (bicyclic) bond motifs is 1. The molecule has 0 bridgehead atoms. The lowest BCUT2D eigenvalue weighted by molar-refractivity contribution is -0.126. The Labute approximate surface area is 196 Å². The molecule has 1 fully saturated rings. The van der Waals surface area contributed by atoms with Crippen molar-refractivity contribution in [2.24, 2.45) is 0 Å². The van der Waals surface area contributed by atoms with Crippen LogP contribution in [0.4, 0.5) is 5.82 Å². The number of likely N-dealkylation sites (tertiary alicyclic amines) is 1. The number of hydrogen-bond acceptors (Lipinski definition) is 6. The Kier molecular flexibility index (Phi) is 6.46. The van der Waals surface area contributed by atoms with E-state index >= 15 is 0 Å². The highest BCUT2D eigenvalue weighted by Crippen LogP contribution is 2.30. The summed E-state index contributed by atoms with van der Waals surface area (Å²) in [5, 5.41) is 6.89. The van der Waals surface area contributed by atoms with Crippen molar-refractivity contribution in [1.82, 2.24) is 19.7 Å². The normalized spacial score (nSPS) is 15.1. The molecule has 0 aliphatic carbocycles. The fourth-order valence-electron chi connectivity index (χ4n) is 4.19. The van der Waals surface area contributed by atoms with E-state index in [0.717, 1.165) is 12.8 Å². The van der Waals surface area contributed by atoms with Gasteiger partial charge in [-0.2, -0.15) is 5.10 Å². The van der Waals surface area contributed by atoms with Crippen molar-refractivity contribution in [3.05, 3.63) is 45.9 Å². The first-order valence-corrected chi connectivity index (χ1v) is 10.8. The second-order valence-electron chi connectivity index (χ2n) is 7.89. The first-order chi connectivity index (χ1) is 16.4. The van der Waals surface area contributed by atoms with Gasteiger partial charge in [0.1, 0.15) is 17.0 Å². The molecule has 3 heterocycles. The molecule has 0 saturated carbocycles. The van der Waals surface area contributed by atoms with Crippen LogP contribution in [0.3, 0.4) is 0 Å². The number of H-pyrrole nitrogens is 1. The number of ether oxygens (including phenoxy) is 2. The molecular formula is C25H25N5O4. The molecule has 0 unspecified atom stereocenters. The number of nitrogen functional groups attached to an aromatic ring is 1. The van der Waals surface area contributed by atoms with E-state index in [2.05, 4.69) is 33.9 Å². The van der Waals surface area contributed by atoms with Crippen molar-refractivity contribution in [2.75, 3.05) is 33.0 Å². The maximum Gasteiger partial charge on any atom is 0.298 e. The second kappa shape index (κ2) is 9.63. The predicted molar refractivity (Wildman–Crippen MR) is 129 cm³/mol. The van der Waals surface area contributed by atoms with Crippen LogP contribution in [0.5, 0.6) is 11.5 Å². The molecule has 1 aromatic carbocycles. The number of carbonyl (C=O) groups excluding carboxylic acids is 1. The third-order valence-corrected chi connectivity index (χ3v) is 5.78. The number of amides is 1. The van der Waals surface area contributed by atoms with Crippen LogP contribution < -0.4 is 20.8 Å². The van der Waals surface area contributed by atoms with Gasteiger partial charge in [0, 0.05) is 30.9 Å². The number of nitrogens with two attached hydrogens (primary N) is 1. The standard InChI is InChI=1S/C25H25N5O4/c1-4-6-21(31)29-10-5-7-18(15-29)30-14-17(22-23(30)25(32)28-27-24(22)26)9-8-16-11-19(33-2)13-20(12-16)34-3/h11-14,18H,5,7,10,15H2,1-3H3,(H2,26,27)(H,28,32)/t18-/m0/s1. The highest BCUT2D eigenvalue weighted by molar-refractivity contribution is 5.95. The van der Waals surface area contributed by atoms with E-state index in [9.17, 15) is 9.59 Å². The zero-order valence-electron chi connectivity index (χ0n) is 19.3. The molecule has 2 aromatic heterocycles.